The van der Waals surface area contributed by atoms with Gasteiger partial charge in [0.1, 0.15) is 0 Å². The summed E-state index contributed by atoms with van der Waals surface area (Å²) in [5.41, 5.74) is 0. The molecule has 2 N–H and O–H groups in total. The first kappa shape index (κ1) is 19.5. The van der Waals surface area contributed by atoms with Crippen LogP contribution in [-0.4, -0.2) is 67.0 Å². The van der Waals surface area contributed by atoms with Gasteiger partial charge in [-0.05, 0) is 50.6 Å². The number of amides is 3. The number of carbonyl (C=O) groups excluding carboxylic acids is 2. The minimum absolute atomic E-state index is 0.0621. The molecule has 3 rings (SSSR count). The van der Waals surface area contributed by atoms with Gasteiger partial charge >= 0.3 is 6.03 Å². The fraction of sp³-hybridized carbons (Fsp3) is 0.900. The van der Waals surface area contributed by atoms with E-state index in [4.69, 9.17) is 0 Å². The lowest BCUT2D eigenvalue weighted by atomic mass is 9.84. The average Bonchev–Trinajstić information content (AvgIpc) is 2.69. The molecule has 6 heteroatoms. The molecule has 0 aromatic carbocycles. The van der Waals surface area contributed by atoms with Crippen LogP contribution in [0.2, 0.25) is 0 Å². The molecule has 3 amide bonds. The Labute approximate surface area is 158 Å². The van der Waals surface area contributed by atoms with E-state index in [-0.39, 0.29) is 11.9 Å². The number of piperidine rings is 1. The Kier molecular flexibility index (Phi) is 7.17. The van der Waals surface area contributed by atoms with Crippen molar-refractivity contribution in [2.24, 2.45) is 11.8 Å². The summed E-state index contributed by atoms with van der Waals surface area (Å²) in [6.45, 7) is 7.06. The number of rotatable bonds is 4. The first-order chi connectivity index (χ1) is 12.6. The van der Waals surface area contributed by atoms with E-state index in [1.807, 2.05) is 9.80 Å². The maximum Gasteiger partial charge on any atom is 0.317 e. The van der Waals surface area contributed by atoms with Crippen molar-refractivity contribution in [3.63, 3.8) is 0 Å². The third kappa shape index (κ3) is 5.35. The van der Waals surface area contributed by atoms with Gasteiger partial charge in [-0.15, -0.1) is 0 Å². The molecule has 0 radical (unpaired) electrons. The lowest BCUT2D eigenvalue weighted by molar-refractivity contribution is -0.134. The Morgan fingerprint density at radius 1 is 0.962 bits per heavy atom. The first-order valence-electron chi connectivity index (χ1n) is 10.7. The van der Waals surface area contributed by atoms with Crippen molar-refractivity contribution in [3.05, 3.63) is 0 Å². The number of nitrogens with one attached hydrogen (secondary N) is 2. The van der Waals surface area contributed by atoms with Gasteiger partial charge in [0.25, 0.3) is 0 Å². The molecular formula is C20H36N4O2. The highest BCUT2D eigenvalue weighted by Crippen LogP contribution is 2.25. The number of urea groups is 1. The van der Waals surface area contributed by atoms with Gasteiger partial charge in [0, 0.05) is 38.6 Å². The topological polar surface area (TPSA) is 64.7 Å². The van der Waals surface area contributed by atoms with E-state index < -0.39 is 0 Å². The zero-order valence-corrected chi connectivity index (χ0v) is 16.3. The summed E-state index contributed by atoms with van der Waals surface area (Å²) in [5.74, 6) is 1.39. The fourth-order valence-electron chi connectivity index (χ4n) is 4.66. The van der Waals surface area contributed by atoms with E-state index in [0.717, 1.165) is 25.9 Å². The number of nitrogens with zero attached hydrogens (tertiary/aromatic N) is 2. The normalized spacial score (nSPS) is 24.3. The van der Waals surface area contributed by atoms with Crippen LogP contribution in [0.3, 0.4) is 0 Å². The highest BCUT2D eigenvalue weighted by Gasteiger charge is 2.28. The summed E-state index contributed by atoms with van der Waals surface area (Å²) in [6, 6.07) is 0.411. The molecule has 0 aromatic heterocycles. The second-order valence-electron chi connectivity index (χ2n) is 8.42. The van der Waals surface area contributed by atoms with Gasteiger partial charge < -0.3 is 20.4 Å². The van der Waals surface area contributed by atoms with Crippen molar-refractivity contribution in [3.8, 4) is 0 Å². The van der Waals surface area contributed by atoms with Gasteiger partial charge in [0.2, 0.25) is 5.91 Å². The van der Waals surface area contributed by atoms with Crippen molar-refractivity contribution >= 4 is 11.9 Å². The SMILES string of the molecule is CC(CC(=O)N1CCN(C(=O)NC2CCCCC2)CC1)C1CCNCC1. The lowest BCUT2D eigenvalue weighted by Crippen LogP contribution is -2.54. The van der Waals surface area contributed by atoms with E-state index >= 15 is 0 Å². The molecule has 1 saturated carbocycles. The van der Waals surface area contributed by atoms with Crippen LogP contribution >= 0.6 is 0 Å². The third-order valence-corrected chi connectivity index (χ3v) is 6.54. The highest BCUT2D eigenvalue weighted by molar-refractivity contribution is 5.78. The molecule has 1 aliphatic carbocycles. The zero-order chi connectivity index (χ0) is 18.4. The molecule has 2 aliphatic heterocycles. The van der Waals surface area contributed by atoms with E-state index in [0.29, 0.717) is 50.5 Å². The largest absolute Gasteiger partial charge is 0.339 e. The molecule has 148 valence electrons. The van der Waals surface area contributed by atoms with Gasteiger partial charge in [-0.2, -0.15) is 0 Å². The molecule has 0 spiro atoms. The van der Waals surface area contributed by atoms with Crippen LogP contribution in [-0.2, 0) is 4.79 Å². The number of carbonyl (C=O) groups is 2. The Bertz CT molecular complexity index is 464. The molecule has 0 bridgehead atoms. The number of hydrogen-bond donors (Lipinski definition) is 2. The molecule has 2 saturated heterocycles. The van der Waals surface area contributed by atoms with Crippen LogP contribution in [0.5, 0.6) is 0 Å². The Morgan fingerprint density at radius 3 is 2.23 bits per heavy atom. The first-order valence-corrected chi connectivity index (χ1v) is 10.7. The number of hydrogen-bond acceptors (Lipinski definition) is 3. The molecule has 3 fully saturated rings. The van der Waals surface area contributed by atoms with E-state index in [1.165, 1.54) is 32.1 Å². The predicted octanol–water partition coefficient (Wildman–Crippen LogP) is 2.20. The zero-order valence-electron chi connectivity index (χ0n) is 16.3. The van der Waals surface area contributed by atoms with Crippen LogP contribution in [0, 0.1) is 11.8 Å². The summed E-state index contributed by atoms with van der Waals surface area (Å²) in [6.07, 6.45) is 8.98. The molecule has 2 heterocycles. The maximum atomic E-state index is 12.6. The standard InChI is InChI=1S/C20H36N4O2/c1-16(17-7-9-21-10-8-17)15-19(25)23-11-13-24(14-12-23)20(26)22-18-5-3-2-4-6-18/h16-18,21H,2-15H2,1H3,(H,22,26). The van der Waals surface area contributed by atoms with Gasteiger partial charge in [0.15, 0.2) is 0 Å². The maximum absolute atomic E-state index is 12.6. The summed E-state index contributed by atoms with van der Waals surface area (Å²) in [4.78, 5) is 28.9. The Morgan fingerprint density at radius 2 is 1.58 bits per heavy atom. The summed E-state index contributed by atoms with van der Waals surface area (Å²) < 4.78 is 0. The van der Waals surface area contributed by atoms with Gasteiger partial charge in [-0.25, -0.2) is 4.79 Å². The molecule has 0 aromatic rings. The van der Waals surface area contributed by atoms with Gasteiger partial charge in [0.05, 0.1) is 0 Å². The second kappa shape index (κ2) is 9.58. The average molecular weight is 365 g/mol. The molecule has 3 aliphatic rings. The highest BCUT2D eigenvalue weighted by atomic mass is 16.2. The minimum atomic E-state index is 0.0621. The van der Waals surface area contributed by atoms with Crippen LogP contribution in [0.25, 0.3) is 0 Å². The van der Waals surface area contributed by atoms with Crippen LogP contribution in [0.1, 0.15) is 58.3 Å². The fourth-order valence-corrected chi connectivity index (χ4v) is 4.66. The van der Waals surface area contributed by atoms with E-state index in [9.17, 15) is 9.59 Å². The molecule has 26 heavy (non-hydrogen) atoms. The van der Waals surface area contributed by atoms with E-state index in [1.54, 1.807) is 0 Å². The molecular weight excluding hydrogens is 328 g/mol. The third-order valence-electron chi connectivity index (χ3n) is 6.54. The quantitative estimate of drug-likeness (QED) is 0.804. The van der Waals surface area contributed by atoms with Gasteiger partial charge in [-0.1, -0.05) is 26.2 Å². The summed E-state index contributed by atoms with van der Waals surface area (Å²) in [5, 5.41) is 6.58. The minimum Gasteiger partial charge on any atom is -0.339 e. The Hall–Kier alpha value is -1.30. The molecule has 1 unspecified atom stereocenters. The molecule has 1 atom stereocenters. The van der Waals surface area contributed by atoms with Crippen molar-refractivity contribution < 1.29 is 9.59 Å². The van der Waals surface area contributed by atoms with Crippen molar-refractivity contribution in [1.29, 1.82) is 0 Å². The van der Waals surface area contributed by atoms with Crippen LogP contribution < -0.4 is 10.6 Å². The van der Waals surface area contributed by atoms with E-state index in [2.05, 4.69) is 17.6 Å². The molecule has 6 nitrogen and oxygen atoms in total. The lowest BCUT2D eigenvalue weighted by Gasteiger charge is -2.37. The smallest absolute Gasteiger partial charge is 0.317 e. The second-order valence-corrected chi connectivity index (χ2v) is 8.42. The van der Waals surface area contributed by atoms with Crippen molar-refractivity contribution in [2.75, 3.05) is 39.3 Å². The monoisotopic (exact) mass is 364 g/mol. The number of piperazine rings is 1. The van der Waals surface area contributed by atoms with Crippen molar-refractivity contribution in [1.82, 2.24) is 20.4 Å². The predicted molar refractivity (Wildman–Crippen MR) is 103 cm³/mol. The van der Waals surface area contributed by atoms with Crippen LogP contribution in [0.4, 0.5) is 4.79 Å². The van der Waals surface area contributed by atoms with Gasteiger partial charge in [-0.3, -0.25) is 4.79 Å². The van der Waals surface area contributed by atoms with Crippen LogP contribution in [0.15, 0.2) is 0 Å². The van der Waals surface area contributed by atoms with Crippen molar-refractivity contribution in [2.45, 2.75) is 64.3 Å². The summed E-state index contributed by atoms with van der Waals surface area (Å²) in [7, 11) is 0. The Balaban J connectivity index is 1.38. The summed E-state index contributed by atoms with van der Waals surface area (Å²) >= 11 is 0.